The number of nitrogens with two attached hydrogens (primary N) is 1. The second-order valence-electron chi connectivity index (χ2n) is 8.28. The van der Waals surface area contributed by atoms with Gasteiger partial charge in [-0.1, -0.05) is 57.5 Å². The Labute approximate surface area is 187 Å². The average molecular weight is 439 g/mol. The molecule has 3 aromatic rings. The van der Waals surface area contributed by atoms with E-state index in [1.165, 1.54) is 11.9 Å². The molecule has 0 bridgehead atoms. The number of aromatic nitrogens is 3. The molecule has 2 heterocycles. The predicted octanol–water partition coefficient (Wildman–Crippen LogP) is 5.03. The van der Waals surface area contributed by atoms with Crippen LogP contribution in [0, 0.1) is 0 Å². The van der Waals surface area contributed by atoms with Crippen molar-refractivity contribution < 1.29 is 4.79 Å². The number of hydrogen-bond acceptors (Lipinski definition) is 6. The van der Waals surface area contributed by atoms with Gasteiger partial charge in [0.25, 0.3) is 5.91 Å². The Balaban J connectivity index is 1.69. The largest absolute Gasteiger partial charge is 0.382 e. The van der Waals surface area contributed by atoms with Crippen LogP contribution >= 0.6 is 11.6 Å². The van der Waals surface area contributed by atoms with Crippen LogP contribution in [-0.2, 0) is 5.41 Å². The van der Waals surface area contributed by atoms with Crippen molar-refractivity contribution in [1.29, 1.82) is 0 Å². The second-order valence-corrected chi connectivity index (χ2v) is 8.66. The number of halogens is 1. The molecule has 2 aromatic heterocycles. The van der Waals surface area contributed by atoms with E-state index >= 15 is 0 Å². The highest BCUT2D eigenvalue weighted by atomic mass is 35.5. The highest BCUT2D eigenvalue weighted by Gasteiger charge is 2.19. The minimum atomic E-state index is -0.410. The maximum atomic E-state index is 12.6. The van der Waals surface area contributed by atoms with Crippen LogP contribution in [0.4, 0.5) is 17.3 Å². The maximum absolute atomic E-state index is 12.6. The molecule has 1 atom stereocenters. The summed E-state index contributed by atoms with van der Waals surface area (Å²) in [7, 11) is 0. The van der Waals surface area contributed by atoms with Crippen LogP contribution < -0.4 is 16.4 Å². The molecule has 4 N–H and O–H groups in total. The minimum absolute atomic E-state index is 0.0463. The van der Waals surface area contributed by atoms with Gasteiger partial charge in [0.15, 0.2) is 5.69 Å². The van der Waals surface area contributed by atoms with E-state index in [4.69, 9.17) is 17.3 Å². The average Bonchev–Trinajstić information content (AvgIpc) is 2.74. The third kappa shape index (κ3) is 5.49. The summed E-state index contributed by atoms with van der Waals surface area (Å²) >= 11 is 6.06. The van der Waals surface area contributed by atoms with Gasteiger partial charge in [-0.15, -0.1) is 0 Å². The van der Waals surface area contributed by atoms with Crippen LogP contribution in [0.1, 0.15) is 61.8 Å². The van der Waals surface area contributed by atoms with E-state index in [0.717, 1.165) is 17.1 Å². The quantitative estimate of drug-likeness (QED) is 0.498. The lowest BCUT2D eigenvalue weighted by atomic mass is 9.87. The molecule has 0 aliphatic carbocycles. The standard InChI is InChI=1S/C23H27ClN6O/c1-5-17(30-22(31)20-19(24)21(25)28-13-27-20)14-6-11-18(26-12-14)29-16-9-7-15(8-10-16)23(2,3)4/h6-13,17H,5H2,1-4H3,(H,26,29)(H,30,31)(H2,25,27,28). The normalized spacial score (nSPS) is 12.3. The molecule has 0 spiro atoms. The fraction of sp³-hybridized carbons (Fsp3) is 0.304. The number of rotatable bonds is 6. The minimum Gasteiger partial charge on any atom is -0.382 e. The van der Waals surface area contributed by atoms with Gasteiger partial charge >= 0.3 is 0 Å². The Hall–Kier alpha value is -3.19. The third-order valence-electron chi connectivity index (χ3n) is 4.96. The first-order chi connectivity index (χ1) is 14.7. The lowest BCUT2D eigenvalue weighted by Crippen LogP contribution is -2.29. The molecule has 0 aliphatic rings. The van der Waals surface area contributed by atoms with Crippen molar-refractivity contribution in [3.05, 3.63) is 70.8 Å². The number of pyridine rings is 1. The van der Waals surface area contributed by atoms with Gasteiger partial charge in [-0.3, -0.25) is 4.79 Å². The second kappa shape index (κ2) is 9.31. The number of anilines is 3. The summed E-state index contributed by atoms with van der Waals surface area (Å²) in [6.07, 6.45) is 3.63. The Morgan fingerprint density at radius 2 is 1.81 bits per heavy atom. The molecule has 0 saturated carbocycles. The fourth-order valence-corrected chi connectivity index (χ4v) is 3.26. The topological polar surface area (TPSA) is 106 Å². The molecular formula is C23H27ClN6O. The molecule has 0 fully saturated rings. The molecule has 1 aromatic carbocycles. The molecule has 1 unspecified atom stereocenters. The van der Waals surface area contributed by atoms with Crippen LogP contribution in [0.25, 0.3) is 0 Å². The number of nitrogens with zero attached hydrogens (tertiary/aromatic N) is 3. The molecule has 3 rings (SSSR count). The monoisotopic (exact) mass is 438 g/mol. The van der Waals surface area contributed by atoms with Crippen LogP contribution in [-0.4, -0.2) is 20.9 Å². The third-order valence-corrected chi connectivity index (χ3v) is 5.33. The number of carbonyl (C=O) groups excluding carboxylic acids is 1. The summed E-state index contributed by atoms with van der Waals surface area (Å²) < 4.78 is 0. The summed E-state index contributed by atoms with van der Waals surface area (Å²) in [5.74, 6) is 0.384. The van der Waals surface area contributed by atoms with Gasteiger partial charge in [-0.25, -0.2) is 15.0 Å². The molecule has 0 radical (unpaired) electrons. The highest BCUT2D eigenvalue weighted by Crippen LogP contribution is 2.25. The number of nitrogens with one attached hydrogen (secondary N) is 2. The van der Waals surface area contributed by atoms with Crippen molar-refractivity contribution in [3.63, 3.8) is 0 Å². The molecular weight excluding hydrogens is 412 g/mol. The number of amides is 1. The van der Waals surface area contributed by atoms with Crippen molar-refractivity contribution in [2.45, 2.75) is 45.6 Å². The number of nitrogen functional groups attached to an aromatic ring is 1. The van der Waals surface area contributed by atoms with E-state index in [-0.39, 0.29) is 28.0 Å². The van der Waals surface area contributed by atoms with E-state index in [1.54, 1.807) is 6.20 Å². The van der Waals surface area contributed by atoms with Crippen molar-refractivity contribution >= 4 is 34.8 Å². The van der Waals surface area contributed by atoms with Gasteiger partial charge in [0.1, 0.15) is 23.0 Å². The first-order valence-corrected chi connectivity index (χ1v) is 10.5. The van der Waals surface area contributed by atoms with E-state index < -0.39 is 5.91 Å². The van der Waals surface area contributed by atoms with E-state index in [9.17, 15) is 4.79 Å². The zero-order valence-corrected chi connectivity index (χ0v) is 18.9. The van der Waals surface area contributed by atoms with Crippen molar-refractivity contribution in [2.75, 3.05) is 11.1 Å². The van der Waals surface area contributed by atoms with Gasteiger partial charge in [0, 0.05) is 11.9 Å². The van der Waals surface area contributed by atoms with Crippen LogP contribution in [0.15, 0.2) is 48.9 Å². The van der Waals surface area contributed by atoms with Crippen LogP contribution in [0.2, 0.25) is 5.02 Å². The lowest BCUT2D eigenvalue weighted by molar-refractivity contribution is 0.0930. The summed E-state index contributed by atoms with van der Waals surface area (Å²) in [5, 5.41) is 6.27. The first-order valence-electron chi connectivity index (χ1n) is 10.1. The zero-order valence-electron chi connectivity index (χ0n) is 18.1. The molecule has 0 saturated heterocycles. The van der Waals surface area contributed by atoms with Gasteiger partial charge in [0.2, 0.25) is 0 Å². The molecule has 162 valence electrons. The van der Waals surface area contributed by atoms with Crippen molar-refractivity contribution in [1.82, 2.24) is 20.3 Å². The molecule has 31 heavy (non-hydrogen) atoms. The van der Waals surface area contributed by atoms with E-state index in [0.29, 0.717) is 6.42 Å². The van der Waals surface area contributed by atoms with Gasteiger partial charge in [-0.05, 0) is 41.2 Å². The van der Waals surface area contributed by atoms with Crippen molar-refractivity contribution in [2.24, 2.45) is 0 Å². The summed E-state index contributed by atoms with van der Waals surface area (Å²) in [5.41, 5.74) is 8.94. The summed E-state index contributed by atoms with van der Waals surface area (Å²) in [4.78, 5) is 24.8. The molecule has 8 heteroatoms. The van der Waals surface area contributed by atoms with Crippen LogP contribution in [0.5, 0.6) is 0 Å². The molecule has 1 amide bonds. The van der Waals surface area contributed by atoms with E-state index in [1.807, 2.05) is 31.2 Å². The Morgan fingerprint density at radius 1 is 1.10 bits per heavy atom. The number of carbonyl (C=O) groups is 1. The highest BCUT2D eigenvalue weighted by molar-refractivity contribution is 6.35. The Morgan fingerprint density at radius 3 is 2.39 bits per heavy atom. The molecule has 0 aliphatic heterocycles. The number of benzene rings is 1. The number of hydrogen-bond donors (Lipinski definition) is 3. The van der Waals surface area contributed by atoms with E-state index in [2.05, 4.69) is 58.5 Å². The van der Waals surface area contributed by atoms with Crippen molar-refractivity contribution in [3.8, 4) is 0 Å². The smallest absolute Gasteiger partial charge is 0.272 e. The van der Waals surface area contributed by atoms with Gasteiger partial charge in [-0.2, -0.15) is 0 Å². The van der Waals surface area contributed by atoms with Gasteiger partial charge in [0.05, 0.1) is 6.04 Å². The maximum Gasteiger partial charge on any atom is 0.272 e. The van der Waals surface area contributed by atoms with Crippen LogP contribution in [0.3, 0.4) is 0 Å². The summed E-state index contributed by atoms with van der Waals surface area (Å²) in [6.45, 7) is 8.54. The summed E-state index contributed by atoms with van der Waals surface area (Å²) in [6, 6.07) is 11.9. The van der Waals surface area contributed by atoms with Gasteiger partial charge < -0.3 is 16.4 Å². The first kappa shape index (κ1) is 22.5. The zero-order chi connectivity index (χ0) is 22.6. The predicted molar refractivity (Wildman–Crippen MR) is 125 cm³/mol. The fourth-order valence-electron chi connectivity index (χ4n) is 3.08. The SMILES string of the molecule is CCC(NC(=O)c1ncnc(N)c1Cl)c1ccc(Nc2ccc(C(C)(C)C)cc2)nc1. The molecule has 7 nitrogen and oxygen atoms in total. The Kier molecular flexibility index (Phi) is 6.75. The lowest BCUT2D eigenvalue weighted by Gasteiger charge is -2.19. The Bertz CT molecular complexity index is 1050.